The third kappa shape index (κ3) is 3.46. The van der Waals surface area contributed by atoms with Crippen molar-refractivity contribution in [3.8, 4) is 0 Å². The zero-order chi connectivity index (χ0) is 12.3. The van der Waals surface area contributed by atoms with Crippen molar-refractivity contribution in [2.75, 3.05) is 20.2 Å². The van der Waals surface area contributed by atoms with Gasteiger partial charge in [0.1, 0.15) is 0 Å². The van der Waals surface area contributed by atoms with Crippen LogP contribution in [0.5, 0.6) is 0 Å². The first-order chi connectivity index (χ1) is 7.34. The maximum atomic E-state index is 11.4. The van der Waals surface area contributed by atoms with Gasteiger partial charge in [-0.2, -0.15) is 0 Å². The molecule has 0 aromatic carbocycles. The summed E-state index contributed by atoms with van der Waals surface area (Å²) in [5, 5.41) is 3.41. The summed E-state index contributed by atoms with van der Waals surface area (Å²) in [5.74, 6) is -0.129. The van der Waals surface area contributed by atoms with Crippen molar-refractivity contribution < 1.29 is 9.53 Å². The third-order valence-corrected chi connectivity index (χ3v) is 3.10. The van der Waals surface area contributed by atoms with Gasteiger partial charge in [0.15, 0.2) is 0 Å². The summed E-state index contributed by atoms with van der Waals surface area (Å²) in [4.78, 5) is 13.8. The minimum Gasteiger partial charge on any atom is -0.469 e. The first kappa shape index (κ1) is 13.5. The number of ether oxygens (including phenoxy) is 1. The standard InChI is InChI=1S/C12H24N2O2/c1-9-8-14(12(2,3)4)10(7-13-9)6-11(15)16-5/h9-10,13H,6-8H2,1-5H3. The van der Waals surface area contributed by atoms with E-state index >= 15 is 0 Å². The van der Waals surface area contributed by atoms with Gasteiger partial charge in [0.25, 0.3) is 0 Å². The Balaban J connectivity index is 2.69. The normalized spacial score (nSPS) is 27.8. The van der Waals surface area contributed by atoms with Crippen LogP contribution in [0.3, 0.4) is 0 Å². The van der Waals surface area contributed by atoms with Gasteiger partial charge >= 0.3 is 5.97 Å². The van der Waals surface area contributed by atoms with Crippen LogP contribution in [-0.2, 0) is 9.53 Å². The molecule has 94 valence electrons. The predicted molar refractivity (Wildman–Crippen MR) is 64.3 cm³/mol. The van der Waals surface area contributed by atoms with Crippen LogP contribution in [0.4, 0.5) is 0 Å². The fraction of sp³-hybridized carbons (Fsp3) is 0.917. The highest BCUT2D eigenvalue weighted by Gasteiger charge is 2.34. The smallest absolute Gasteiger partial charge is 0.307 e. The summed E-state index contributed by atoms with van der Waals surface area (Å²) in [7, 11) is 1.45. The van der Waals surface area contributed by atoms with Crippen LogP contribution in [0.1, 0.15) is 34.1 Å². The van der Waals surface area contributed by atoms with E-state index in [9.17, 15) is 4.79 Å². The van der Waals surface area contributed by atoms with Gasteiger partial charge in [-0.15, -0.1) is 0 Å². The summed E-state index contributed by atoms with van der Waals surface area (Å²) < 4.78 is 4.75. The second-order valence-corrected chi connectivity index (χ2v) is 5.57. The average Bonchev–Trinajstić information content (AvgIpc) is 2.19. The quantitative estimate of drug-likeness (QED) is 0.716. The van der Waals surface area contributed by atoms with Crippen molar-refractivity contribution in [1.29, 1.82) is 0 Å². The molecule has 1 rings (SSSR count). The minimum atomic E-state index is -0.129. The molecule has 1 fully saturated rings. The predicted octanol–water partition coefficient (Wildman–Crippen LogP) is 1.01. The molecule has 2 unspecified atom stereocenters. The second kappa shape index (κ2) is 5.15. The summed E-state index contributed by atoms with van der Waals surface area (Å²) >= 11 is 0. The zero-order valence-corrected chi connectivity index (χ0v) is 11.0. The maximum absolute atomic E-state index is 11.4. The molecule has 1 aliphatic heterocycles. The molecule has 1 heterocycles. The van der Waals surface area contributed by atoms with E-state index in [4.69, 9.17) is 4.74 Å². The third-order valence-electron chi connectivity index (χ3n) is 3.10. The monoisotopic (exact) mass is 228 g/mol. The lowest BCUT2D eigenvalue weighted by molar-refractivity contribution is -0.143. The van der Waals surface area contributed by atoms with Crippen LogP contribution in [-0.4, -0.2) is 48.7 Å². The molecule has 4 nitrogen and oxygen atoms in total. The van der Waals surface area contributed by atoms with Crippen LogP contribution in [0, 0.1) is 0 Å². The first-order valence-corrected chi connectivity index (χ1v) is 5.91. The van der Waals surface area contributed by atoms with Crippen molar-refractivity contribution >= 4 is 5.97 Å². The van der Waals surface area contributed by atoms with E-state index in [0.29, 0.717) is 12.5 Å². The van der Waals surface area contributed by atoms with E-state index in [0.717, 1.165) is 13.1 Å². The number of carbonyl (C=O) groups is 1. The van der Waals surface area contributed by atoms with E-state index in [-0.39, 0.29) is 17.6 Å². The number of esters is 1. The van der Waals surface area contributed by atoms with Gasteiger partial charge in [-0.1, -0.05) is 0 Å². The van der Waals surface area contributed by atoms with Crippen LogP contribution < -0.4 is 5.32 Å². The Hall–Kier alpha value is -0.610. The summed E-state index contributed by atoms with van der Waals surface area (Å²) in [6.07, 6.45) is 0.466. The summed E-state index contributed by atoms with van der Waals surface area (Å²) in [5.41, 5.74) is 0.0923. The highest BCUT2D eigenvalue weighted by Crippen LogP contribution is 2.22. The van der Waals surface area contributed by atoms with Crippen molar-refractivity contribution in [2.24, 2.45) is 0 Å². The summed E-state index contributed by atoms with van der Waals surface area (Å²) in [6, 6.07) is 0.719. The lowest BCUT2D eigenvalue weighted by atomic mass is 9.97. The molecule has 1 saturated heterocycles. The van der Waals surface area contributed by atoms with Gasteiger partial charge in [-0.25, -0.2) is 0 Å². The average molecular weight is 228 g/mol. The number of nitrogens with one attached hydrogen (secondary N) is 1. The lowest BCUT2D eigenvalue weighted by Crippen LogP contribution is -2.61. The van der Waals surface area contributed by atoms with Crippen LogP contribution in [0.25, 0.3) is 0 Å². The summed E-state index contributed by atoms with van der Waals surface area (Å²) in [6.45, 7) is 10.6. The van der Waals surface area contributed by atoms with Crippen LogP contribution in [0.2, 0.25) is 0 Å². The number of nitrogens with zero attached hydrogens (tertiary/aromatic N) is 1. The molecule has 1 aliphatic rings. The topological polar surface area (TPSA) is 41.6 Å². The van der Waals surface area contributed by atoms with Crippen molar-refractivity contribution in [3.63, 3.8) is 0 Å². The Morgan fingerprint density at radius 2 is 2.12 bits per heavy atom. The van der Waals surface area contributed by atoms with Gasteiger partial charge < -0.3 is 10.1 Å². The molecular formula is C12H24N2O2. The highest BCUT2D eigenvalue weighted by atomic mass is 16.5. The minimum absolute atomic E-state index is 0.0923. The molecule has 0 saturated carbocycles. The number of hydrogen-bond acceptors (Lipinski definition) is 4. The molecule has 0 aliphatic carbocycles. The van der Waals surface area contributed by atoms with Crippen molar-refractivity contribution in [1.82, 2.24) is 10.2 Å². The Morgan fingerprint density at radius 3 is 2.62 bits per heavy atom. The number of rotatable bonds is 2. The molecule has 2 atom stereocenters. The fourth-order valence-electron chi connectivity index (χ4n) is 2.24. The zero-order valence-electron chi connectivity index (χ0n) is 11.0. The molecule has 0 radical (unpaired) electrons. The largest absolute Gasteiger partial charge is 0.469 e. The Bertz CT molecular complexity index is 248. The van der Waals surface area contributed by atoms with E-state index in [1.54, 1.807) is 0 Å². The van der Waals surface area contributed by atoms with E-state index in [1.165, 1.54) is 7.11 Å². The lowest BCUT2D eigenvalue weighted by Gasteiger charge is -2.46. The van der Waals surface area contributed by atoms with E-state index < -0.39 is 0 Å². The molecule has 4 heteroatoms. The molecule has 16 heavy (non-hydrogen) atoms. The SMILES string of the molecule is COC(=O)CC1CNC(C)CN1C(C)(C)C. The van der Waals surface area contributed by atoms with Crippen molar-refractivity contribution in [3.05, 3.63) is 0 Å². The number of hydrogen-bond donors (Lipinski definition) is 1. The number of methoxy groups -OCH3 is 1. The number of piperazine rings is 1. The van der Waals surface area contributed by atoms with Gasteiger partial charge in [0.05, 0.1) is 13.5 Å². The first-order valence-electron chi connectivity index (χ1n) is 5.91. The molecule has 0 spiro atoms. The molecular weight excluding hydrogens is 204 g/mol. The fourth-order valence-corrected chi connectivity index (χ4v) is 2.24. The second-order valence-electron chi connectivity index (χ2n) is 5.57. The van der Waals surface area contributed by atoms with E-state index in [2.05, 4.69) is 37.9 Å². The molecule has 0 aromatic heterocycles. The van der Waals surface area contributed by atoms with Crippen LogP contribution >= 0.6 is 0 Å². The molecule has 0 bridgehead atoms. The highest BCUT2D eigenvalue weighted by molar-refractivity contribution is 5.70. The molecule has 0 amide bonds. The van der Waals surface area contributed by atoms with Gasteiger partial charge in [0.2, 0.25) is 0 Å². The Labute approximate surface area is 98.3 Å². The van der Waals surface area contributed by atoms with Gasteiger partial charge in [-0.05, 0) is 27.7 Å². The van der Waals surface area contributed by atoms with Crippen LogP contribution in [0.15, 0.2) is 0 Å². The van der Waals surface area contributed by atoms with Gasteiger partial charge in [-0.3, -0.25) is 9.69 Å². The maximum Gasteiger partial charge on any atom is 0.307 e. The number of carbonyl (C=O) groups excluding carboxylic acids is 1. The molecule has 1 N–H and O–H groups in total. The van der Waals surface area contributed by atoms with Gasteiger partial charge in [0, 0.05) is 30.7 Å². The molecule has 0 aromatic rings. The van der Waals surface area contributed by atoms with E-state index in [1.807, 2.05) is 0 Å². The van der Waals surface area contributed by atoms with Crippen molar-refractivity contribution in [2.45, 2.75) is 51.7 Å². The Kier molecular flexibility index (Phi) is 4.33. The Morgan fingerprint density at radius 1 is 1.50 bits per heavy atom.